The fourth-order valence-corrected chi connectivity index (χ4v) is 4.69. The Labute approximate surface area is 205 Å². The number of likely N-dealkylation sites (tertiary alicyclic amines) is 1. The quantitative estimate of drug-likeness (QED) is 0.555. The molecule has 9 heteroatoms. The van der Waals surface area contributed by atoms with E-state index in [-0.39, 0.29) is 36.6 Å². The number of thiazole rings is 1. The highest BCUT2D eigenvalue weighted by molar-refractivity contribution is 7.13. The highest BCUT2D eigenvalue weighted by atomic mass is 32.1. The van der Waals surface area contributed by atoms with E-state index in [0.29, 0.717) is 6.54 Å². The molecule has 2 aromatic rings. The molecule has 186 valence electrons. The van der Waals surface area contributed by atoms with E-state index in [2.05, 4.69) is 15.6 Å². The summed E-state index contributed by atoms with van der Waals surface area (Å²) in [5.74, 6) is -1.12. The van der Waals surface area contributed by atoms with Gasteiger partial charge in [-0.15, -0.1) is 11.3 Å². The Bertz CT molecular complexity index is 974. The predicted octanol–water partition coefficient (Wildman–Crippen LogP) is 2.88. The second-order valence-electron chi connectivity index (χ2n) is 8.50. The SMILES string of the molecule is CC.CC(=O)NC(C(=O)N1CC(O)CC1C(=O)NCc1ccc(-c2scnc2C)cc1)C(C)C. The summed E-state index contributed by atoms with van der Waals surface area (Å²) in [4.78, 5) is 44.2. The van der Waals surface area contributed by atoms with Gasteiger partial charge < -0.3 is 20.6 Å². The van der Waals surface area contributed by atoms with E-state index < -0.39 is 18.2 Å². The zero-order valence-electron chi connectivity index (χ0n) is 20.8. The summed E-state index contributed by atoms with van der Waals surface area (Å²) in [6, 6.07) is 6.39. The number of aromatic nitrogens is 1. The van der Waals surface area contributed by atoms with Gasteiger partial charge in [0, 0.05) is 26.4 Å². The molecule has 34 heavy (non-hydrogen) atoms. The molecular formula is C25H36N4O4S. The molecule has 3 atom stereocenters. The van der Waals surface area contributed by atoms with Crippen LogP contribution in [0.1, 0.15) is 52.3 Å². The molecule has 1 fully saturated rings. The van der Waals surface area contributed by atoms with Gasteiger partial charge in [0.1, 0.15) is 12.1 Å². The van der Waals surface area contributed by atoms with E-state index in [1.807, 2.05) is 64.4 Å². The molecule has 1 aliphatic rings. The molecule has 3 rings (SSSR count). The summed E-state index contributed by atoms with van der Waals surface area (Å²) >= 11 is 1.59. The first kappa shape index (κ1) is 27.5. The van der Waals surface area contributed by atoms with Gasteiger partial charge in [-0.3, -0.25) is 14.4 Å². The largest absolute Gasteiger partial charge is 0.391 e. The number of hydrogen-bond acceptors (Lipinski definition) is 6. The average Bonchev–Trinajstić information content (AvgIpc) is 3.42. The number of hydrogen-bond donors (Lipinski definition) is 3. The lowest BCUT2D eigenvalue weighted by Gasteiger charge is -2.30. The van der Waals surface area contributed by atoms with Crippen molar-refractivity contribution in [1.82, 2.24) is 20.5 Å². The van der Waals surface area contributed by atoms with Crippen LogP contribution < -0.4 is 10.6 Å². The lowest BCUT2D eigenvalue weighted by atomic mass is 10.0. The monoisotopic (exact) mass is 488 g/mol. The topological polar surface area (TPSA) is 112 Å². The Morgan fingerprint density at radius 1 is 1.21 bits per heavy atom. The summed E-state index contributed by atoms with van der Waals surface area (Å²) in [5.41, 5.74) is 4.81. The lowest BCUT2D eigenvalue weighted by molar-refractivity contribution is -0.142. The lowest BCUT2D eigenvalue weighted by Crippen LogP contribution is -2.55. The second-order valence-corrected chi connectivity index (χ2v) is 9.35. The molecule has 3 amide bonds. The minimum atomic E-state index is -0.776. The van der Waals surface area contributed by atoms with Gasteiger partial charge in [-0.1, -0.05) is 52.0 Å². The Hall–Kier alpha value is -2.78. The molecule has 1 saturated heterocycles. The van der Waals surface area contributed by atoms with E-state index in [1.165, 1.54) is 11.8 Å². The molecule has 1 aromatic heterocycles. The molecule has 0 spiro atoms. The van der Waals surface area contributed by atoms with Crippen LogP contribution in [0.25, 0.3) is 10.4 Å². The molecular weight excluding hydrogens is 452 g/mol. The van der Waals surface area contributed by atoms with Crippen molar-refractivity contribution in [3.63, 3.8) is 0 Å². The fourth-order valence-electron chi connectivity index (χ4n) is 3.88. The summed E-state index contributed by atoms with van der Waals surface area (Å²) in [6.07, 6.45) is -0.603. The van der Waals surface area contributed by atoms with Gasteiger partial charge in [0.05, 0.1) is 22.2 Å². The van der Waals surface area contributed by atoms with Crippen molar-refractivity contribution in [2.45, 2.75) is 72.7 Å². The van der Waals surface area contributed by atoms with Crippen LogP contribution >= 0.6 is 11.3 Å². The molecule has 3 N–H and O–H groups in total. The number of carbonyl (C=O) groups excluding carboxylic acids is 3. The van der Waals surface area contributed by atoms with Crippen molar-refractivity contribution < 1.29 is 19.5 Å². The number of aliphatic hydroxyl groups excluding tert-OH is 1. The Morgan fingerprint density at radius 2 is 1.85 bits per heavy atom. The third-order valence-corrected chi connectivity index (χ3v) is 6.56. The van der Waals surface area contributed by atoms with Gasteiger partial charge in [-0.2, -0.15) is 0 Å². The van der Waals surface area contributed by atoms with Gasteiger partial charge in [0.25, 0.3) is 0 Å². The van der Waals surface area contributed by atoms with Gasteiger partial charge in [0.2, 0.25) is 17.7 Å². The number of amides is 3. The molecule has 1 aromatic carbocycles. The second kappa shape index (κ2) is 12.6. The molecule has 3 unspecified atom stereocenters. The van der Waals surface area contributed by atoms with E-state index in [1.54, 1.807) is 11.3 Å². The van der Waals surface area contributed by atoms with Crippen LogP contribution in [0.5, 0.6) is 0 Å². The molecule has 0 radical (unpaired) electrons. The van der Waals surface area contributed by atoms with Crippen molar-refractivity contribution >= 4 is 29.1 Å². The van der Waals surface area contributed by atoms with E-state index in [4.69, 9.17) is 0 Å². The first-order chi connectivity index (χ1) is 16.2. The maximum atomic E-state index is 13.1. The molecule has 0 bridgehead atoms. The van der Waals surface area contributed by atoms with Crippen molar-refractivity contribution in [2.75, 3.05) is 6.54 Å². The predicted molar refractivity (Wildman–Crippen MR) is 134 cm³/mol. The van der Waals surface area contributed by atoms with Crippen LogP contribution in [0, 0.1) is 12.8 Å². The zero-order valence-corrected chi connectivity index (χ0v) is 21.6. The van der Waals surface area contributed by atoms with Crippen LogP contribution in [0.4, 0.5) is 0 Å². The summed E-state index contributed by atoms with van der Waals surface area (Å²) in [7, 11) is 0. The van der Waals surface area contributed by atoms with Crippen molar-refractivity contribution in [1.29, 1.82) is 0 Å². The summed E-state index contributed by atoms with van der Waals surface area (Å²) in [6.45, 7) is 11.4. The molecule has 0 aliphatic carbocycles. The summed E-state index contributed by atoms with van der Waals surface area (Å²) in [5, 5.41) is 15.7. The third kappa shape index (κ3) is 6.87. The number of carbonyl (C=O) groups is 3. The highest BCUT2D eigenvalue weighted by Crippen LogP contribution is 2.27. The number of nitrogens with zero attached hydrogens (tertiary/aromatic N) is 2. The normalized spacial score (nSPS) is 18.2. The maximum absolute atomic E-state index is 13.1. The molecule has 0 saturated carbocycles. The van der Waals surface area contributed by atoms with Crippen molar-refractivity contribution in [3.05, 3.63) is 41.0 Å². The van der Waals surface area contributed by atoms with Crippen LogP contribution in [0.3, 0.4) is 0 Å². The van der Waals surface area contributed by atoms with Crippen LogP contribution in [-0.2, 0) is 20.9 Å². The third-order valence-electron chi connectivity index (χ3n) is 5.58. The van der Waals surface area contributed by atoms with Crippen LogP contribution in [0.2, 0.25) is 0 Å². The smallest absolute Gasteiger partial charge is 0.246 e. The van der Waals surface area contributed by atoms with Crippen molar-refractivity contribution in [3.8, 4) is 10.4 Å². The number of nitrogens with one attached hydrogen (secondary N) is 2. The van der Waals surface area contributed by atoms with Gasteiger partial charge in [-0.05, 0) is 24.0 Å². The fraction of sp³-hybridized carbons (Fsp3) is 0.520. The van der Waals surface area contributed by atoms with E-state index in [0.717, 1.165) is 21.7 Å². The highest BCUT2D eigenvalue weighted by Gasteiger charge is 2.41. The molecule has 1 aliphatic heterocycles. The number of rotatable bonds is 7. The molecule has 2 heterocycles. The van der Waals surface area contributed by atoms with Gasteiger partial charge >= 0.3 is 0 Å². The van der Waals surface area contributed by atoms with Gasteiger partial charge in [0.15, 0.2) is 0 Å². The average molecular weight is 489 g/mol. The van der Waals surface area contributed by atoms with Crippen molar-refractivity contribution in [2.24, 2.45) is 5.92 Å². The number of β-amino-alcohol motifs (C(OH)–C–C–N with tert-alkyl or cyclic N) is 1. The number of benzene rings is 1. The first-order valence-electron chi connectivity index (χ1n) is 11.7. The van der Waals surface area contributed by atoms with Crippen LogP contribution in [0.15, 0.2) is 29.8 Å². The maximum Gasteiger partial charge on any atom is 0.246 e. The van der Waals surface area contributed by atoms with Gasteiger partial charge in [-0.25, -0.2) is 4.98 Å². The standard InChI is InChI=1S/C23H30N4O4S.C2H6/c1-13(2)20(26-15(4)28)23(31)27-11-18(29)9-19(27)22(30)24-10-16-5-7-17(8-6-16)21-14(3)25-12-32-21;1-2/h5-8,12-13,18-20,29H,9-11H2,1-4H3,(H,24,30)(H,26,28);1-2H3. The Kier molecular flexibility index (Phi) is 10.2. The Morgan fingerprint density at radius 3 is 2.38 bits per heavy atom. The minimum absolute atomic E-state index is 0.0720. The molecule has 8 nitrogen and oxygen atoms in total. The first-order valence-corrected chi connectivity index (χ1v) is 12.6. The van der Waals surface area contributed by atoms with E-state index in [9.17, 15) is 19.5 Å². The van der Waals surface area contributed by atoms with E-state index >= 15 is 0 Å². The number of aryl methyl sites for hydroxylation is 1. The summed E-state index contributed by atoms with van der Waals surface area (Å²) < 4.78 is 0. The zero-order chi connectivity index (χ0) is 25.4. The Balaban J connectivity index is 0.00000199. The number of aliphatic hydroxyl groups is 1. The minimum Gasteiger partial charge on any atom is -0.391 e. The van der Waals surface area contributed by atoms with Crippen LogP contribution in [-0.4, -0.2) is 57.4 Å².